The van der Waals surface area contributed by atoms with Crippen LogP contribution in [0.3, 0.4) is 0 Å². The summed E-state index contributed by atoms with van der Waals surface area (Å²) < 4.78 is 6.92. The third kappa shape index (κ3) is 3.67. The molecule has 0 spiro atoms. The van der Waals surface area contributed by atoms with Crippen LogP contribution in [0, 0.1) is 6.92 Å². The Morgan fingerprint density at radius 3 is 2.62 bits per heavy atom. The van der Waals surface area contributed by atoms with Crippen molar-refractivity contribution in [2.24, 2.45) is 7.05 Å². The minimum Gasteiger partial charge on any atom is -0.379 e. The number of hydrogen-bond acceptors (Lipinski definition) is 5. The van der Waals surface area contributed by atoms with Crippen molar-refractivity contribution < 1.29 is 9.53 Å². The molecule has 0 aromatic carbocycles. The smallest absolute Gasteiger partial charge is 0.256 e. The fraction of sp³-hybridized carbons (Fsp3) is 0.706. The van der Waals surface area contributed by atoms with Crippen LogP contribution in [0.2, 0.25) is 0 Å². The molecule has 1 fully saturated rings. The minimum atomic E-state index is 0.0279. The van der Waals surface area contributed by atoms with Crippen molar-refractivity contribution in [1.82, 2.24) is 19.4 Å². The molecule has 0 radical (unpaired) electrons. The van der Waals surface area contributed by atoms with Gasteiger partial charge in [0.2, 0.25) is 5.91 Å². The quantitative estimate of drug-likeness (QED) is 0.762. The summed E-state index contributed by atoms with van der Waals surface area (Å²) in [6, 6.07) is 0. The second-order valence-electron chi connectivity index (χ2n) is 6.53. The Hall–Kier alpha value is -1.73. The Morgan fingerprint density at radius 2 is 1.88 bits per heavy atom. The summed E-state index contributed by atoms with van der Waals surface area (Å²) in [5.74, 6) is 0.897. The number of aryl methyl sites for hydroxylation is 1. The van der Waals surface area contributed by atoms with Gasteiger partial charge >= 0.3 is 0 Å². The van der Waals surface area contributed by atoms with Gasteiger partial charge < -0.3 is 9.64 Å². The molecule has 1 amide bonds. The van der Waals surface area contributed by atoms with E-state index in [2.05, 4.69) is 9.88 Å². The van der Waals surface area contributed by atoms with E-state index >= 15 is 0 Å². The average molecular weight is 334 g/mol. The number of nitrogens with zero attached hydrogens (tertiary/aromatic N) is 4. The standard InChI is InChI=1S/C17H26N4O3/c1-13-18-15-4-8-21(7-3-14(15)17(23)19(13)2)16(22)5-6-20-9-11-24-12-10-20/h3-12H2,1-2H3. The number of hydrogen-bond donors (Lipinski definition) is 0. The van der Waals surface area contributed by atoms with Crippen molar-refractivity contribution >= 4 is 5.91 Å². The molecule has 3 rings (SSSR count). The molecule has 0 saturated carbocycles. The SMILES string of the molecule is Cc1nc2c(c(=O)n1C)CCN(C(=O)CCN1CCOCC1)CC2. The molecule has 2 aliphatic heterocycles. The van der Waals surface area contributed by atoms with Crippen LogP contribution in [-0.4, -0.2) is 71.2 Å². The molecule has 1 saturated heterocycles. The largest absolute Gasteiger partial charge is 0.379 e. The third-order valence-electron chi connectivity index (χ3n) is 5.04. The van der Waals surface area contributed by atoms with Crippen molar-refractivity contribution in [3.8, 4) is 0 Å². The van der Waals surface area contributed by atoms with Crippen LogP contribution >= 0.6 is 0 Å². The van der Waals surface area contributed by atoms with E-state index in [1.54, 1.807) is 11.6 Å². The van der Waals surface area contributed by atoms with Crippen LogP contribution in [-0.2, 0) is 29.4 Å². The van der Waals surface area contributed by atoms with Gasteiger partial charge in [0.05, 0.1) is 18.9 Å². The monoisotopic (exact) mass is 334 g/mol. The lowest BCUT2D eigenvalue weighted by molar-refractivity contribution is -0.131. The van der Waals surface area contributed by atoms with E-state index in [0.717, 1.165) is 49.9 Å². The zero-order chi connectivity index (χ0) is 17.1. The molecule has 7 nitrogen and oxygen atoms in total. The van der Waals surface area contributed by atoms with Crippen LogP contribution in [0.4, 0.5) is 0 Å². The van der Waals surface area contributed by atoms with Gasteiger partial charge in [-0.1, -0.05) is 0 Å². The predicted molar refractivity (Wildman–Crippen MR) is 90.1 cm³/mol. The third-order valence-corrected chi connectivity index (χ3v) is 5.04. The Labute approximate surface area is 142 Å². The Bertz CT molecular complexity index is 665. The highest BCUT2D eigenvalue weighted by Gasteiger charge is 2.22. The topological polar surface area (TPSA) is 67.7 Å². The van der Waals surface area contributed by atoms with Crippen molar-refractivity contribution in [3.63, 3.8) is 0 Å². The lowest BCUT2D eigenvalue weighted by atomic mass is 10.1. The highest BCUT2D eigenvalue weighted by atomic mass is 16.5. The lowest BCUT2D eigenvalue weighted by Crippen LogP contribution is -2.40. The maximum absolute atomic E-state index is 12.5. The number of amides is 1. The van der Waals surface area contributed by atoms with E-state index in [1.807, 2.05) is 11.8 Å². The molecule has 0 aliphatic carbocycles. The summed E-state index contributed by atoms with van der Waals surface area (Å²) in [6.45, 7) is 7.19. The van der Waals surface area contributed by atoms with Crippen LogP contribution in [0.1, 0.15) is 23.5 Å². The van der Waals surface area contributed by atoms with Gasteiger partial charge in [0, 0.05) is 58.2 Å². The van der Waals surface area contributed by atoms with Crippen molar-refractivity contribution in [2.45, 2.75) is 26.2 Å². The van der Waals surface area contributed by atoms with E-state index in [0.29, 0.717) is 32.4 Å². The summed E-state index contributed by atoms with van der Waals surface area (Å²) >= 11 is 0. The highest BCUT2D eigenvalue weighted by molar-refractivity contribution is 5.76. The summed E-state index contributed by atoms with van der Waals surface area (Å²) in [7, 11) is 1.75. The van der Waals surface area contributed by atoms with Crippen molar-refractivity contribution in [2.75, 3.05) is 45.9 Å². The number of morpholine rings is 1. The first-order valence-corrected chi connectivity index (χ1v) is 8.69. The summed E-state index contributed by atoms with van der Waals surface area (Å²) in [5.41, 5.74) is 1.66. The van der Waals surface area contributed by atoms with E-state index in [1.165, 1.54) is 0 Å². The van der Waals surface area contributed by atoms with Gasteiger partial charge in [-0.3, -0.25) is 19.1 Å². The zero-order valence-electron chi connectivity index (χ0n) is 14.6. The van der Waals surface area contributed by atoms with Gasteiger partial charge in [0.1, 0.15) is 5.82 Å². The summed E-state index contributed by atoms with van der Waals surface area (Å²) in [4.78, 5) is 33.6. The van der Waals surface area contributed by atoms with Gasteiger partial charge in [0.25, 0.3) is 5.56 Å². The molecule has 132 valence electrons. The van der Waals surface area contributed by atoms with Crippen molar-refractivity contribution in [1.29, 1.82) is 0 Å². The van der Waals surface area contributed by atoms with Crippen molar-refractivity contribution in [3.05, 3.63) is 27.4 Å². The van der Waals surface area contributed by atoms with E-state index in [9.17, 15) is 9.59 Å². The second kappa shape index (κ2) is 7.44. The normalized spacial score (nSPS) is 19.0. The van der Waals surface area contributed by atoms with E-state index in [-0.39, 0.29) is 11.5 Å². The Balaban J connectivity index is 1.60. The fourth-order valence-corrected chi connectivity index (χ4v) is 3.35. The highest BCUT2D eigenvalue weighted by Crippen LogP contribution is 2.12. The van der Waals surface area contributed by atoms with Crippen LogP contribution in [0.5, 0.6) is 0 Å². The molecule has 2 aliphatic rings. The second-order valence-corrected chi connectivity index (χ2v) is 6.53. The molecular formula is C17H26N4O3. The molecule has 24 heavy (non-hydrogen) atoms. The van der Waals surface area contributed by atoms with Crippen LogP contribution < -0.4 is 5.56 Å². The number of aromatic nitrogens is 2. The first-order chi connectivity index (χ1) is 11.6. The molecule has 0 bridgehead atoms. The maximum atomic E-state index is 12.5. The summed E-state index contributed by atoms with van der Waals surface area (Å²) in [5, 5.41) is 0. The first kappa shape index (κ1) is 17.1. The Morgan fingerprint density at radius 1 is 1.17 bits per heavy atom. The molecule has 0 unspecified atom stereocenters. The molecule has 0 atom stereocenters. The summed E-state index contributed by atoms with van der Waals surface area (Å²) in [6.07, 6.45) is 1.79. The first-order valence-electron chi connectivity index (χ1n) is 8.69. The molecular weight excluding hydrogens is 308 g/mol. The van der Waals surface area contributed by atoms with Gasteiger partial charge in [-0.15, -0.1) is 0 Å². The molecule has 0 N–H and O–H groups in total. The number of ether oxygens (including phenoxy) is 1. The molecule has 1 aromatic rings. The average Bonchev–Trinajstić information content (AvgIpc) is 2.81. The van der Waals surface area contributed by atoms with E-state index in [4.69, 9.17) is 4.74 Å². The molecule has 3 heterocycles. The van der Waals surface area contributed by atoms with Gasteiger partial charge in [-0.05, 0) is 13.3 Å². The minimum absolute atomic E-state index is 0.0279. The predicted octanol–water partition coefficient (Wildman–Crippen LogP) is -0.262. The van der Waals surface area contributed by atoms with Crippen LogP contribution in [0.15, 0.2) is 4.79 Å². The number of carbonyl (C=O) groups is 1. The maximum Gasteiger partial charge on any atom is 0.256 e. The van der Waals surface area contributed by atoms with Crippen LogP contribution in [0.25, 0.3) is 0 Å². The van der Waals surface area contributed by atoms with Gasteiger partial charge in [-0.25, -0.2) is 4.98 Å². The van der Waals surface area contributed by atoms with E-state index < -0.39 is 0 Å². The number of rotatable bonds is 3. The van der Waals surface area contributed by atoms with Gasteiger partial charge in [0.15, 0.2) is 0 Å². The lowest BCUT2D eigenvalue weighted by Gasteiger charge is -2.27. The number of carbonyl (C=O) groups excluding carboxylic acids is 1. The van der Waals surface area contributed by atoms with Gasteiger partial charge in [-0.2, -0.15) is 0 Å². The zero-order valence-corrected chi connectivity index (χ0v) is 14.6. The number of fused-ring (bicyclic) bond motifs is 1. The molecule has 7 heteroatoms. The fourth-order valence-electron chi connectivity index (χ4n) is 3.35. The Kier molecular flexibility index (Phi) is 5.30. The molecule has 1 aromatic heterocycles.